The zero-order valence-electron chi connectivity index (χ0n) is 10.2. The molecule has 2 rings (SSSR count). The molecule has 0 unspecified atom stereocenters. The highest BCUT2D eigenvalue weighted by atomic mass is 16.6. The number of nitro groups is 1. The van der Waals surface area contributed by atoms with Gasteiger partial charge in [-0.3, -0.25) is 14.8 Å². The number of nitrogens with zero attached hydrogens (tertiary/aromatic N) is 4. The molecule has 7 heteroatoms. The van der Waals surface area contributed by atoms with Crippen LogP contribution in [0.4, 0.5) is 11.4 Å². The molecule has 2 aromatic rings. The van der Waals surface area contributed by atoms with Crippen LogP contribution in [-0.4, -0.2) is 14.7 Å². The fraction of sp³-hybridized carbons (Fsp3) is 0.167. The van der Waals surface area contributed by atoms with Gasteiger partial charge >= 0.3 is 0 Å². The van der Waals surface area contributed by atoms with Crippen LogP contribution in [0.5, 0.6) is 0 Å². The molecule has 0 fully saturated rings. The van der Waals surface area contributed by atoms with Crippen molar-refractivity contribution >= 4 is 11.4 Å². The van der Waals surface area contributed by atoms with Crippen LogP contribution in [0.3, 0.4) is 0 Å². The SMILES string of the molecule is Cn1cc(CNc2ccc([N+](=O)[O-])c(C#N)c2)cn1. The zero-order chi connectivity index (χ0) is 13.8. The van der Waals surface area contributed by atoms with Crippen molar-refractivity contribution in [2.24, 2.45) is 7.05 Å². The maximum Gasteiger partial charge on any atom is 0.287 e. The number of aromatic nitrogens is 2. The number of anilines is 1. The van der Waals surface area contributed by atoms with E-state index in [-0.39, 0.29) is 11.3 Å². The van der Waals surface area contributed by atoms with Gasteiger partial charge in [-0.2, -0.15) is 10.4 Å². The van der Waals surface area contributed by atoms with Crippen LogP contribution >= 0.6 is 0 Å². The summed E-state index contributed by atoms with van der Waals surface area (Å²) in [7, 11) is 1.82. The molecule has 0 bridgehead atoms. The number of hydrogen-bond donors (Lipinski definition) is 1. The second kappa shape index (κ2) is 5.18. The normalized spacial score (nSPS) is 9.89. The lowest BCUT2D eigenvalue weighted by molar-refractivity contribution is -0.385. The quantitative estimate of drug-likeness (QED) is 0.665. The Bertz CT molecular complexity index is 656. The van der Waals surface area contributed by atoms with Gasteiger partial charge in [-0.25, -0.2) is 0 Å². The molecule has 0 radical (unpaired) electrons. The maximum atomic E-state index is 10.7. The molecule has 0 amide bonds. The Morgan fingerprint density at radius 2 is 2.37 bits per heavy atom. The molecule has 0 saturated heterocycles. The van der Waals surface area contributed by atoms with Crippen LogP contribution in [0.15, 0.2) is 30.6 Å². The van der Waals surface area contributed by atoms with Crippen LogP contribution in [0.2, 0.25) is 0 Å². The van der Waals surface area contributed by atoms with Crippen molar-refractivity contribution in [1.29, 1.82) is 5.26 Å². The van der Waals surface area contributed by atoms with E-state index in [0.29, 0.717) is 12.2 Å². The van der Waals surface area contributed by atoms with Crippen molar-refractivity contribution in [1.82, 2.24) is 9.78 Å². The van der Waals surface area contributed by atoms with Crippen LogP contribution in [0.1, 0.15) is 11.1 Å². The Labute approximate surface area is 109 Å². The molecule has 1 N–H and O–H groups in total. The van der Waals surface area contributed by atoms with Crippen molar-refractivity contribution in [2.75, 3.05) is 5.32 Å². The lowest BCUT2D eigenvalue weighted by Gasteiger charge is -2.05. The van der Waals surface area contributed by atoms with E-state index in [1.807, 2.05) is 19.3 Å². The highest BCUT2D eigenvalue weighted by molar-refractivity contribution is 5.58. The van der Waals surface area contributed by atoms with Crippen LogP contribution < -0.4 is 5.32 Å². The van der Waals surface area contributed by atoms with E-state index in [0.717, 1.165) is 5.56 Å². The predicted octanol–water partition coefficient (Wildman–Crippen LogP) is 1.81. The number of nitrogens with one attached hydrogen (secondary N) is 1. The number of benzene rings is 1. The Hall–Kier alpha value is -2.88. The summed E-state index contributed by atoms with van der Waals surface area (Å²) in [4.78, 5) is 10.1. The van der Waals surface area contributed by atoms with Crippen LogP contribution in [0.25, 0.3) is 0 Å². The van der Waals surface area contributed by atoms with Gasteiger partial charge in [0, 0.05) is 37.1 Å². The molecule has 0 spiro atoms. The van der Waals surface area contributed by atoms with E-state index in [9.17, 15) is 10.1 Å². The summed E-state index contributed by atoms with van der Waals surface area (Å²) in [5, 5.41) is 26.7. The van der Waals surface area contributed by atoms with Gasteiger partial charge in [0.25, 0.3) is 5.69 Å². The van der Waals surface area contributed by atoms with Gasteiger partial charge < -0.3 is 5.32 Å². The molecule has 1 aromatic carbocycles. The van der Waals surface area contributed by atoms with Crippen molar-refractivity contribution in [2.45, 2.75) is 6.54 Å². The fourth-order valence-electron chi connectivity index (χ4n) is 1.66. The van der Waals surface area contributed by atoms with E-state index in [2.05, 4.69) is 10.4 Å². The standard InChI is InChI=1S/C12H11N5O2/c1-16-8-9(7-15-16)6-14-11-2-3-12(17(18)19)10(4-11)5-13/h2-4,7-8,14H,6H2,1H3. The molecular formula is C12H11N5O2. The van der Waals surface area contributed by atoms with Gasteiger partial charge in [-0.05, 0) is 12.1 Å². The number of rotatable bonds is 4. The molecule has 1 aromatic heterocycles. The summed E-state index contributed by atoms with van der Waals surface area (Å²) in [5.41, 5.74) is 1.50. The van der Waals surface area contributed by atoms with E-state index in [1.165, 1.54) is 12.1 Å². The first-order valence-corrected chi connectivity index (χ1v) is 5.50. The maximum absolute atomic E-state index is 10.7. The summed E-state index contributed by atoms with van der Waals surface area (Å²) >= 11 is 0. The monoisotopic (exact) mass is 257 g/mol. The van der Waals surface area contributed by atoms with Gasteiger partial charge in [0.1, 0.15) is 11.6 Å². The average molecular weight is 257 g/mol. The molecule has 96 valence electrons. The number of aryl methyl sites for hydroxylation is 1. The summed E-state index contributed by atoms with van der Waals surface area (Å²) in [6, 6.07) is 6.19. The smallest absolute Gasteiger partial charge is 0.287 e. The van der Waals surface area contributed by atoms with Gasteiger partial charge in [0.05, 0.1) is 11.1 Å². The van der Waals surface area contributed by atoms with Gasteiger partial charge in [-0.15, -0.1) is 0 Å². The summed E-state index contributed by atoms with van der Waals surface area (Å²) in [6.45, 7) is 0.538. The van der Waals surface area contributed by atoms with E-state index in [4.69, 9.17) is 5.26 Å². The van der Waals surface area contributed by atoms with Crippen molar-refractivity contribution in [3.63, 3.8) is 0 Å². The van der Waals surface area contributed by atoms with Crippen molar-refractivity contribution in [3.8, 4) is 6.07 Å². The minimum Gasteiger partial charge on any atom is -0.381 e. The number of nitriles is 1. The first-order valence-electron chi connectivity index (χ1n) is 5.50. The lowest BCUT2D eigenvalue weighted by atomic mass is 10.1. The number of hydrogen-bond acceptors (Lipinski definition) is 5. The summed E-state index contributed by atoms with van der Waals surface area (Å²) in [6.07, 6.45) is 3.59. The molecule has 0 saturated carbocycles. The largest absolute Gasteiger partial charge is 0.381 e. The van der Waals surface area contributed by atoms with Gasteiger partial charge in [-0.1, -0.05) is 0 Å². The first-order chi connectivity index (χ1) is 9.10. The molecule has 0 atom stereocenters. The highest BCUT2D eigenvalue weighted by Gasteiger charge is 2.13. The van der Waals surface area contributed by atoms with Crippen LogP contribution in [0, 0.1) is 21.4 Å². The third-order valence-corrected chi connectivity index (χ3v) is 2.57. The third-order valence-electron chi connectivity index (χ3n) is 2.57. The second-order valence-electron chi connectivity index (χ2n) is 3.98. The van der Waals surface area contributed by atoms with E-state index >= 15 is 0 Å². The topological polar surface area (TPSA) is 96.8 Å². The van der Waals surface area contributed by atoms with Gasteiger partial charge in [0.2, 0.25) is 0 Å². The number of nitro benzene ring substituents is 1. The third kappa shape index (κ3) is 2.87. The summed E-state index contributed by atoms with van der Waals surface area (Å²) in [5.74, 6) is 0. The zero-order valence-corrected chi connectivity index (χ0v) is 10.2. The molecule has 1 heterocycles. The van der Waals surface area contributed by atoms with Crippen molar-refractivity contribution in [3.05, 3.63) is 51.8 Å². The predicted molar refractivity (Wildman–Crippen MR) is 68.3 cm³/mol. The Morgan fingerprint density at radius 1 is 1.58 bits per heavy atom. The Balaban J connectivity index is 2.14. The molecule has 0 aliphatic carbocycles. The fourth-order valence-corrected chi connectivity index (χ4v) is 1.66. The first kappa shape index (κ1) is 12.6. The minimum atomic E-state index is -0.566. The van der Waals surface area contributed by atoms with Crippen LogP contribution in [-0.2, 0) is 13.6 Å². The highest BCUT2D eigenvalue weighted by Crippen LogP contribution is 2.22. The van der Waals surface area contributed by atoms with E-state index in [1.54, 1.807) is 16.9 Å². The molecule has 19 heavy (non-hydrogen) atoms. The minimum absolute atomic E-state index is 0.0428. The lowest BCUT2D eigenvalue weighted by Crippen LogP contribution is -2.00. The summed E-state index contributed by atoms with van der Waals surface area (Å²) < 4.78 is 1.69. The Kier molecular flexibility index (Phi) is 3.43. The average Bonchev–Trinajstić information content (AvgIpc) is 2.81. The molecular weight excluding hydrogens is 246 g/mol. The van der Waals surface area contributed by atoms with Gasteiger partial charge in [0.15, 0.2) is 0 Å². The molecule has 7 nitrogen and oxygen atoms in total. The Morgan fingerprint density at radius 3 is 2.95 bits per heavy atom. The second-order valence-corrected chi connectivity index (χ2v) is 3.98. The molecule has 0 aliphatic heterocycles. The van der Waals surface area contributed by atoms with E-state index < -0.39 is 4.92 Å². The van der Waals surface area contributed by atoms with Crippen molar-refractivity contribution < 1.29 is 4.92 Å². The molecule has 0 aliphatic rings.